The van der Waals surface area contributed by atoms with Crippen LogP contribution in [-0.2, 0) is 0 Å². The van der Waals surface area contributed by atoms with Gasteiger partial charge in [0.1, 0.15) is 11.7 Å². The van der Waals surface area contributed by atoms with Crippen molar-refractivity contribution in [2.75, 3.05) is 0 Å². The second-order valence-electron chi connectivity index (χ2n) is 1.81. The Labute approximate surface area is 59.6 Å². The van der Waals surface area contributed by atoms with Gasteiger partial charge in [-0.15, -0.1) is 0 Å². The molecule has 0 aliphatic carbocycles. The lowest BCUT2D eigenvalue weighted by Crippen LogP contribution is -1.79. The molecule has 56 valence electrons. The van der Waals surface area contributed by atoms with E-state index in [1.165, 1.54) is 19.9 Å². The highest BCUT2D eigenvalue weighted by atomic mass is 19.1. The standard InChI is InChI=1S/C8H10F2/c1-4-7(9)6(3)8(10)5-2/h4-5H,1H2,2-3H3/b7-6+,8-5+. The van der Waals surface area contributed by atoms with Crippen LogP contribution in [0.3, 0.4) is 0 Å². The number of rotatable bonds is 2. The summed E-state index contributed by atoms with van der Waals surface area (Å²) in [5.74, 6) is -1.16. The molecule has 0 spiro atoms. The van der Waals surface area contributed by atoms with E-state index in [9.17, 15) is 8.78 Å². The number of hydrogen-bond acceptors (Lipinski definition) is 0. The van der Waals surface area contributed by atoms with Gasteiger partial charge in [-0.3, -0.25) is 0 Å². The van der Waals surface area contributed by atoms with Crippen LogP contribution in [0.4, 0.5) is 8.78 Å². The second-order valence-corrected chi connectivity index (χ2v) is 1.81. The van der Waals surface area contributed by atoms with Crippen LogP contribution in [0.5, 0.6) is 0 Å². The molecule has 0 aromatic rings. The van der Waals surface area contributed by atoms with Crippen molar-refractivity contribution in [3.63, 3.8) is 0 Å². The molecule has 0 saturated heterocycles. The van der Waals surface area contributed by atoms with Gasteiger partial charge >= 0.3 is 0 Å². The van der Waals surface area contributed by atoms with Gasteiger partial charge in [-0.1, -0.05) is 12.7 Å². The molecule has 0 nitrogen and oxygen atoms in total. The molecule has 0 amide bonds. The van der Waals surface area contributed by atoms with E-state index in [-0.39, 0.29) is 5.57 Å². The highest BCUT2D eigenvalue weighted by Gasteiger charge is 2.00. The highest BCUT2D eigenvalue weighted by molar-refractivity contribution is 5.29. The van der Waals surface area contributed by atoms with Crippen LogP contribution in [0.15, 0.2) is 36.0 Å². The first kappa shape index (κ1) is 9.08. The summed E-state index contributed by atoms with van der Waals surface area (Å²) in [5, 5.41) is 0. The first-order chi connectivity index (χ1) is 4.63. The minimum Gasteiger partial charge on any atom is -0.207 e. The van der Waals surface area contributed by atoms with Gasteiger partial charge in [0.2, 0.25) is 0 Å². The molecular weight excluding hydrogens is 134 g/mol. The van der Waals surface area contributed by atoms with Crippen molar-refractivity contribution in [3.05, 3.63) is 36.0 Å². The predicted molar refractivity (Wildman–Crippen MR) is 38.9 cm³/mol. The maximum Gasteiger partial charge on any atom is 0.128 e. The minimum absolute atomic E-state index is 0.00231. The molecule has 0 heterocycles. The molecule has 0 atom stereocenters. The monoisotopic (exact) mass is 144 g/mol. The molecule has 0 unspecified atom stereocenters. The molecule has 0 N–H and O–H groups in total. The molecule has 0 rings (SSSR count). The normalized spacial score (nSPS) is 14.6. The molecule has 0 radical (unpaired) electrons. The first-order valence-corrected chi connectivity index (χ1v) is 2.94. The molecule has 10 heavy (non-hydrogen) atoms. The maximum atomic E-state index is 12.5. The summed E-state index contributed by atoms with van der Waals surface area (Å²) >= 11 is 0. The Bertz CT molecular complexity index is 187. The molecule has 0 aliphatic rings. The molecular formula is C8H10F2. The number of allylic oxidation sites excluding steroid dienone is 5. The number of hydrogen-bond donors (Lipinski definition) is 0. The van der Waals surface area contributed by atoms with Gasteiger partial charge in [0, 0.05) is 5.57 Å². The zero-order valence-corrected chi connectivity index (χ0v) is 6.12. The third kappa shape index (κ3) is 2.13. The van der Waals surface area contributed by atoms with Crippen LogP contribution in [0.2, 0.25) is 0 Å². The summed E-state index contributed by atoms with van der Waals surface area (Å²) in [7, 11) is 0. The first-order valence-electron chi connectivity index (χ1n) is 2.94. The average Bonchev–Trinajstić information content (AvgIpc) is 2.00. The quantitative estimate of drug-likeness (QED) is 0.521. The molecule has 0 bridgehead atoms. The SMILES string of the molecule is C=C/C(F)=C(C)\C(F)=C/C. The fourth-order valence-electron chi connectivity index (χ4n) is 0.484. The summed E-state index contributed by atoms with van der Waals surface area (Å²) in [6, 6.07) is 0. The van der Waals surface area contributed by atoms with Crippen LogP contribution >= 0.6 is 0 Å². The van der Waals surface area contributed by atoms with Crippen LogP contribution in [-0.4, -0.2) is 0 Å². The summed E-state index contributed by atoms with van der Waals surface area (Å²) < 4.78 is 24.9. The molecule has 0 aromatic heterocycles. The van der Waals surface area contributed by atoms with E-state index in [0.29, 0.717) is 0 Å². The van der Waals surface area contributed by atoms with Crippen LogP contribution in [0.25, 0.3) is 0 Å². The van der Waals surface area contributed by atoms with Crippen molar-refractivity contribution >= 4 is 0 Å². The lowest BCUT2D eigenvalue weighted by Gasteiger charge is -1.95. The van der Waals surface area contributed by atoms with Crippen molar-refractivity contribution in [1.29, 1.82) is 0 Å². The molecule has 2 heteroatoms. The largest absolute Gasteiger partial charge is 0.207 e. The van der Waals surface area contributed by atoms with Gasteiger partial charge in [-0.2, -0.15) is 0 Å². The van der Waals surface area contributed by atoms with Crippen LogP contribution < -0.4 is 0 Å². The van der Waals surface area contributed by atoms with E-state index in [2.05, 4.69) is 6.58 Å². The zero-order valence-electron chi connectivity index (χ0n) is 6.12. The van der Waals surface area contributed by atoms with Gasteiger partial charge in [-0.05, 0) is 19.9 Å². The number of halogens is 2. The van der Waals surface area contributed by atoms with Crippen molar-refractivity contribution in [2.24, 2.45) is 0 Å². The Kier molecular flexibility index (Phi) is 3.62. The van der Waals surface area contributed by atoms with Crippen molar-refractivity contribution in [1.82, 2.24) is 0 Å². The fraction of sp³-hybridized carbons (Fsp3) is 0.250. The Hall–Kier alpha value is -0.920. The van der Waals surface area contributed by atoms with Crippen LogP contribution in [0.1, 0.15) is 13.8 Å². The second kappa shape index (κ2) is 3.99. The van der Waals surface area contributed by atoms with E-state index in [0.717, 1.165) is 6.08 Å². The lowest BCUT2D eigenvalue weighted by atomic mass is 10.2. The molecule has 0 fully saturated rings. The summed E-state index contributed by atoms with van der Waals surface area (Å²) in [5.41, 5.74) is -0.00231. The van der Waals surface area contributed by atoms with Gasteiger partial charge < -0.3 is 0 Å². The van der Waals surface area contributed by atoms with Crippen LogP contribution in [0, 0.1) is 0 Å². The van der Waals surface area contributed by atoms with Crippen molar-refractivity contribution in [3.8, 4) is 0 Å². The Balaban J connectivity index is 4.63. The van der Waals surface area contributed by atoms with Crippen molar-refractivity contribution in [2.45, 2.75) is 13.8 Å². The highest BCUT2D eigenvalue weighted by Crippen LogP contribution is 2.16. The topological polar surface area (TPSA) is 0 Å². The van der Waals surface area contributed by atoms with Gasteiger partial charge in [0.15, 0.2) is 0 Å². The average molecular weight is 144 g/mol. The van der Waals surface area contributed by atoms with E-state index in [1.807, 2.05) is 0 Å². The van der Waals surface area contributed by atoms with E-state index < -0.39 is 11.7 Å². The predicted octanol–water partition coefficient (Wildman–Crippen LogP) is 3.29. The zero-order chi connectivity index (χ0) is 8.15. The van der Waals surface area contributed by atoms with E-state index >= 15 is 0 Å². The molecule has 0 aromatic carbocycles. The van der Waals surface area contributed by atoms with Gasteiger partial charge in [-0.25, -0.2) is 8.78 Å². The summed E-state index contributed by atoms with van der Waals surface area (Å²) in [6.45, 7) is 6.05. The summed E-state index contributed by atoms with van der Waals surface area (Å²) in [6.07, 6.45) is 2.19. The van der Waals surface area contributed by atoms with E-state index in [4.69, 9.17) is 0 Å². The van der Waals surface area contributed by atoms with Gasteiger partial charge in [0.05, 0.1) is 0 Å². The fourth-order valence-corrected chi connectivity index (χ4v) is 0.484. The Morgan fingerprint density at radius 3 is 2.20 bits per heavy atom. The smallest absolute Gasteiger partial charge is 0.128 e. The Morgan fingerprint density at radius 1 is 1.40 bits per heavy atom. The van der Waals surface area contributed by atoms with E-state index in [1.54, 1.807) is 0 Å². The van der Waals surface area contributed by atoms with Gasteiger partial charge in [0.25, 0.3) is 0 Å². The third-order valence-corrected chi connectivity index (χ3v) is 1.15. The maximum absolute atomic E-state index is 12.5. The van der Waals surface area contributed by atoms with Crippen molar-refractivity contribution < 1.29 is 8.78 Å². The molecule has 0 saturated carbocycles. The third-order valence-electron chi connectivity index (χ3n) is 1.15. The lowest BCUT2D eigenvalue weighted by molar-refractivity contribution is 0.609. The summed E-state index contributed by atoms with van der Waals surface area (Å²) in [4.78, 5) is 0. The Morgan fingerprint density at radius 2 is 1.90 bits per heavy atom. The molecule has 0 aliphatic heterocycles. The minimum atomic E-state index is -0.615.